The second-order valence-corrected chi connectivity index (χ2v) is 5.90. The van der Waals surface area contributed by atoms with Gasteiger partial charge in [-0.1, -0.05) is 12.1 Å². The highest BCUT2D eigenvalue weighted by molar-refractivity contribution is 5.95. The molecule has 1 atom stereocenters. The summed E-state index contributed by atoms with van der Waals surface area (Å²) >= 11 is 0. The molecule has 0 unspecified atom stereocenters. The number of allylic oxidation sites excluding steroid dienone is 1. The molecule has 0 radical (unpaired) electrons. The molecule has 25 heavy (non-hydrogen) atoms. The van der Waals surface area contributed by atoms with Crippen molar-refractivity contribution in [1.29, 1.82) is 0 Å². The Morgan fingerprint density at radius 1 is 1.28 bits per heavy atom. The number of carbonyl (C=O) groups is 2. The number of carbonyl (C=O) groups excluding carboxylic acids is 2. The maximum Gasteiger partial charge on any atom is 0.338 e. The SMILES string of the molecule is COc1cccc([C@H]2NC(=O)NC(C)=C2C(=O)OCCOC(C)C)c1. The number of urea groups is 1. The lowest BCUT2D eigenvalue weighted by atomic mass is 9.95. The maximum absolute atomic E-state index is 12.5. The van der Waals surface area contributed by atoms with Gasteiger partial charge in [0.2, 0.25) is 0 Å². The van der Waals surface area contributed by atoms with Crippen molar-refractivity contribution in [2.75, 3.05) is 20.3 Å². The number of nitrogens with one attached hydrogen (secondary N) is 2. The molecule has 0 bridgehead atoms. The fourth-order valence-corrected chi connectivity index (χ4v) is 2.53. The lowest BCUT2D eigenvalue weighted by Gasteiger charge is -2.28. The van der Waals surface area contributed by atoms with Gasteiger partial charge < -0.3 is 24.8 Å². The average Bonchev–Trinajstić information content (AvgIpc) is 2.57. The minimum atomic E-state index is -0.609. The number of hydrogen-bond donors (Lipinski definition) is 2. The van der Waals surface area contributed by atoms with Crippen LogP contribution in [-0.4, -0.2) is 38.4 Å². The van der Waals surface area contributed by atoms with E-state index in [0.717, 1.165) is 5.56 Å². The number of amides is 2. The predicted octanol–water partition coefficient (Wildman–Crippen LogP) is 2.29. The molecule has 136 valence electrons. The molecule has 2 amide bonds. The van der Waals surface area contributed by atoms with Crippen molar-refractivity contribution in [3.63, 3.8) is 0 Å². The van der Waals surface area contributed by atoms with E-state index < -0.39 is 12.0 Å². The van der Waals surface area contributed by atoms with Crippen LogP contribution in [0.25, 0.3) is 0 Å². The van der Waals surface area contributed by atoms with Crippen LogP contribution in [0.2, 0.25) is 0 Å². The Hall–Kier alpha value is -2.54. The van der Waals surface area contributed by atoms with Crippen LogP contribution < -0.4 is 15.4 Å². The van der Waals surface area contributed by atoms with Crippen LogP contribution in [0.15, 0.2) is 35.5 Å². The first kappa shape index (κ1) is 18.8. The van der Waals surface area contributed by atoms with Gasteiger partial charge in [0, 0.05) is 5.70 Å². The van der Waals surface area contributed by atoms with Gasteiger partial charge in [0.1, 0.15) is 12.4 Å². The minimum Gasteiger partial charge on any atom is -0.497 e. The Morgan fingerprint density at radius 3 is 2.72 bits per heavy atom. The second kappa shape index (κ2) is 8.53. The van der Waals surface area contributed by atoms with Crippen molar-refractivity contribution >= 4 is 12.0 Å². The summed E-state index contributed by atoms with van der Waals surface area (Å²) in [4.78, 5) is 24.4. The second-order valence-electron chi connectivity index (χ2n) is 5.90. The predicted molar refractivity (Wildman–Crippen MR) is 92.1 cm³/mol. The number of rotatable bonds is 7. The van der Waals surface area contributed by atoms with Crippen LogP contribution in [0.1, 0.15) is 32.4 Å². The Kier molecular flexibility index (Phi) is 6.41. The topological polar surface area (TPSA) is 85.9 Å². The monoisotopic (exact) mass is 348 g/mol. The van der Waals surface area contributed by atoms with Crippen molar-refractivity contribution in [2.24, 2.45) is 0 Å². The minimum absolute atomic E-state index is 0.0693. The number of methoxy groups -OCH3 is 1. The molecule has 0 spiro atoms. The zero-order chi connectivity index (χ0) is 18.4. The van der Waals surface area contributed by atoms with Gasteiger partial charge in [-0.3, -0.25) is 0 Å². The molecule has 0 saturated heterocycles. The molecule has 0 saturated carbocycles. The van der Waals surface area contributed by atoms with E-state index in [9.17, 15) is 9.59 Å². The van der Waals surface area contributed by atoms with E-state index >= 15 is 0 Å². The van der Waals surface area contributed by atoms with Crippen molar-refractivity contribution in [3.05, 3.63) is 41.1 Å². The smallest absolute Gasteiger partial charge is 0.338 e. The molecule has 0 aliphatic carbocycles. The third kappa shape index (κ3) is 4.96. The lowest BCUT2D eigenvalue weighted by Crippen LogP contribution is -2.45. The third-order valence-corrected chi connectivity index (χ3v) is 3.68. The average molecular weight is 348 g/mol. The van der Waals surface area contributed by atoms with Gasteiger partial charge in [-0.05, 0) is 38.5 Å². The summed E-state index contributed by atoms with van der Waals surface area (Å²) in [5.41, 5.74) is 1.56. The summed E-state index contributed by atoms with van der Waals surface area (Å²) in [6.45, 7) is 5.96. The van der Waals surface area contributed by atoms with Crippen LogP contribution in [-0.2, 0) is 14.3 Å². The highest BCUT2D eigenvalue weighted by Crippen LogP contribution is 2.29. The molecule has 2 N–H and O–H groups in total. The molecule has 1 aromatic rings. The standard InChI is InChI=1S/C18H24N2O5/c1-11(2)24-8-9-25-17(21)15-12(3)19-18(22)20-16(15)13-6-5-7-14(10-13)23-4/h5-7,10-11,16H,8-9H2,1-4H3,(H2,19,20,22)/t16-/m1/s1. The molecule has 7 heteroatoms. The van der Waals surface area contributed by atoms with E-state index in [1.807, 2.05) is 19.9 Å². The van der Waals surface area contributed by atoms with Crippen molar-refractivity contribution in [1.82, 2.24) is 10.6 Å². The molecular formula is C18H24N2O5. The number of ether oxygens (including phenoxy) is 3. The zero-order valence-corrected chi connectivity index (χ0v) is 14.9. The normalized spacial score (nSPS) is 17.2. The van der Waals surface area contributed by atoms with E-state index in [-0.39, 0.29) is 18.7 Å². The van der Waals surface area contributed by atoms with Gasteiger partial charge in [0.15, 0.2) is 0 Å². The molecule has 1 heterocycles. The number of benzene rings is 1. The molecule has 2 rings (SSSR count). The molecular weight excluding hydrogens is 324 g/mol. The van der Waals surface area contributed by atoms with Crippen LogP contribution in [0.5, 0.6) is 5.75 Å². The van der Waals surface area contributed by atoms with Crippen LogP contribution in [0, 0.1) is 0 Å². The first-order chi connectivity index (χ1) is 11.9. The van der Waals surface area contributed by atoms with Crippen LogP contribution >= 0.6 is 0 Å². The van der Waals surface area contributed by atoms with Crippen molar-refractivity contribution < 1.29 is 23.8 Å². The highest BCUT2D eigenvalue weighted by atomic mass is 16.6. The Morgan fingerprint density at radius 2 is 2.04 bits per heavy atom. The van der Waals surface area contributed by atoms with Crippen LogP contribution in [0.4, 0.5) is 4.79 Å². The van der Waals surface area contributed by atoms with E-state index in [2.05, 4.69) is 10.6 Å². The summed E-state index contributed by atoms with van der Waals surface area (Å²) in [6.07, 6.45) is 0.0693. The Balaban J connectivity index is 2.20. The Bertz CT molecular complexity index is 669. The van der Waals surface area contributed by atoms with Gasteiger partial charge in [0.25, 0.3) is 0 Å². The molecule has 0 fully saturated rings. The molecule has 1 aromatic carbocycles. The Labute approximate surface area is 147 Å². The van der Waals surface area contributed by atoms with Gasteiger partial charge in [-0.25, -0.2) is 9.59 Å². The summed E-state index contributed by atoms with van der Waals surface area (Å²) in [5.74, 6) is 0.145. The molecule has 1 aliphatic rings. The zero-order valence-electron chi connectivity index (χ0n) is 14.9. The van der Waals surface area contributed by atoms with E-state index in [1.54, 1.807) is 32.2 Å². The fourth-order valence-electron chi connectivity index (χ4n) is 2.53. The van der Waals surface area contributed by atoms with Crippen molar-refractivity contribution in [2.45, 2.75) is 32.9 Å². The summed E-state index contributed by atoms with van der Waals surface area (Å²) < 4.78 is 15.9. The first-order valence-electron chi connectivity index (χ1n) is 8.13. The van der Waals surface area contributed by atoms with E-state index in [1.165, 1.54) is 0 Å². The maximum atomic E-state index is 12.5. The number of esters is 1. The van der Waals surface area contributed by atoms with Gasteiger partial charge >= 0.3 is 12.0 Å². The summed E-state index contributed by atoms with van der Waals surface area (Å²) in [5, 5.41) is 5.37. The van der Waals surface area contributed by atoms with E-state index in [0.29, 0.717) is 23.6 Å². The fraction of sp³-hybridized carbons (Fsp3) is 0.444. The first-order valence-corrected chi connectivity index (χ1v) is 8.13. The van der Waals surface area contributed by atoms with Gasteiger partial charge in [-0.2, -0.15) is 0 Å². The largest absolute Gasteiger partial charge is 0.497 e. The van der Waals surface area contributed by atoms with Crippen LogP contribution in [0.3, 0.4) is 0 Å². The summed E-state index contributed by atoms with van der Waals surface area (Å²) in [7, 11) is 1.56. The van der Waals surface area contributed by atoms with Gasteiger partial charge in [0.05, 0.1) is 31.4 Å². The molecule has 1 aliphatic heterocycles. The summed E-state index contributed by atoms with van der Waals surface area (Å²) in [6, 6.07) is 6.22. The lowest BCUT2D eigenvalue weighted by molar-refractivity contribution is -0.141. The van der Waals surface area contributed by atoms with E-state index in [4.69, 9.17) is 14.2 Å². The third-order valence-electron chi connectivity index (χ3n) is 3.68. The molecule has 7 nitrogen and oxygen atoms in total. The quantitative estimate of drug-likeness (QED) is 0.583. The number of hydrogen-bond acceptors (Lipinski definition) is 5. The molecule has 0 aromatic heterocycles. The highest BCUT2D eigenvalue weighted by Gasteiger charge is 2.32. The van der Waals surface area contributed by atoms with Crippen molar-refractivity contribution in [3.8, 4) is 5.75 Å². The van der Waals surface area contributed by atoms with Gasteiger partial charge in [-0.15, -0.1) is 0 Å².